The highest BCUT2D eigenvalue weighted by Crippen LogP contribution is 2.60. The van der Waals surface area contributed by atoms with Crippen molar-refractivity contribution in [3.05, 3.63) is 70.2 Å². The molecule has 3 unspecified atom stereocenters. The van der Waals surface area contributed by atoms with Crippen molar-refractivity contribution in [2.45, 2.75) is 37.1 Å². The van der Waals surface area contributed by atoms with Gasteiger partial charge in [0.15, 0.2) is 0 Å². The summed E-state index contributed by atoms with van der Waals surface area (Å²) in [6.45, 7) is 0.794. The maximum absolute atomic E-state index is 12.2. The van der Waals surface area contributed by atoms with Crippen LogP contribution in [0.2, 0.25) is 5.02 Å². The molecule has 2 aromatic carbocycles. The lowest BCUT2D eigenvalue weighted by Gasteiger charge is -2.36. The van der Waals surface area contributed by atoms with Crippen LogP contribution in [0.4, 0.5) is 4.79 Å². The Morgan fingerprint density at radius 3 is 2.65 bits per heavy atom. The molecular formula is C22H23ClN2O. The van der Waals surface area contributed by atoms with Crippen LogP contribution in [0.25, 0.3) is 0 Å². The third kappa shape index (κ3) is 2.88. The number of nitrogens with one attached hydrogen (secondary N) is 2. The molecule has 0 saturated heterocycles. The molecule has 134 valence electrons. The number of amides is 2. The van der Waals surface area contributed by atoms with E-state index in [1.807, 2.05) is 12.1 Å². The van der Waals surface area contributed by atoms with Crippen LogP contribution in [0.3, 0.4) is 0 Å². The number of hydrogen-bond donors (Lipinski definition) is 2. The van der Waals surface area contributed by atoms with Gasteiger partial charge in [-0.15, -0.1) is 0 Å². The zero-order valence-electron chi connectivity index (χ0n) is 14.6. The molecule has 0 aliphatic heterocycles. The molecule has 5 rings (SSSR count). The summed E-state index contributed by atoms with van der Waals surface area (Å²) in [5, 5.41) is 6.99. The van der Waals surface area contributed by atoms with Gasteiger partial charge in [0.25, 0.3) is 0 Å². The molecule has 0 aromatic heterocycles. The highest BCUT2D eigenvalue weighted by Gasteiger charge is 2.55. The topological polar surface area (TPSA) is 41.1 Å². The van der Waals surface area contributed by atoms with Crippen molar-refractivity contribution >= 4 is 17.6 Å². The standard InChI is InChI=1S/C22H23ClN2O/c23-16-7-5-13(6-8-16)15-9-17(10-15)25-22(26)24-12-20-19-11-14-3-1-2-4-18(14)21(19)20/h1-8,15,17,19-21H,9-12H2,(H2,24,25,26). The second kappa shape index (κ2) is 6.31. The number of carbonyl (C=O) groups excluding carboxylic acids is 1. The number of halogens is 1. The van der Waals surface area contributed by atoms with Crippen LogP contribution in [0.5, 0.6) is 0 Å². The van der Waals surface area contributed by atoms with E-state index in [0.717, 1.165) is 30.3 Å². The van der Waals surface area contributed by atoms with Gasteiger partial charge >= 0.3 is 6.03 Å². The summed E-state index contributed by atoms with van der Waals surface area (Å²) in [7, 11) is 0. The number of carbonyl (C=O) groups is 1. The van der Waals surface area contributed by atoms with Crippen molar-refractivity contribution in [1.82, 2.24) is 10.6 Å². The molecule has 4 heteroatoms. The summed E-state index contributed by atoms with van der Waals surface area (Å²) in [5.41, 5.74) is 4.33. The molecule has 3 aliphatic rings. The van der Waals surface area contributed by atoms with Gasteiger partial charge in [0.05, 0.1) is 0 Å². The molecule has 2 N–H and O–H groups in total. The average molecular weight is 367 g/mol. The smallest absolute Gasteiger partial charge is 0.315 e. The summed E-state index contributed by atoms with van der Waals surface area (Å²) in [4.78, 5) is 12.2. The number of rotatable bonds is 4. The quantitative estimate of drug-likeness (QED) is 0.823. The van der Waals surface area contributed by atoms with E-state index in [-0.39, 0.29) is 12.1 Å². The van der Waals surface area contributed by atoms with Crippen LogP contribution in [0.1, 0.15) is 41.4 Å². The van der Waals surface area contributed by atoms with Gasteiger partial charge in [-0.05, 0) is 71.8 Å². The third-order valence-electron chi connectivity index (χ3n) is 6.51. The molecule has 2 saturated carbocycles. The van der Waals surface area contributed by atoms with Gasteiger partial charge in [0, 0.05) is 17.6 Å². The molecular weight excluding hydrogens is 344 g/mol. The summed E-state index contributed by atoms with van der Waals surface area (Å²) in [5.74, 6) is 2.57. The summed E-state index contributed by atoms with van der Waals surface area (Å²) < 4.78 is 0. The predicted octanol–water partition coefficient (Wildman–Crippen LogP) is 4.47. The van der Waals surface area contributed by atoms with Crippen molar-refractivity contribution < 1.29 is 4.79 Å². The minimum absolute atomic E-state index is 0.0113. The van der Waals surface area contributed by atoms with E-state index in [1.54, 1.807) is 0 Å². The normalized spacial score (nSPS) is 30.7. The second-order valence-electron chi connectivity index (χ2n) is 8.03. The Labute approximate surface area is 159 Å². The van der Waals surface area contributed by atoms with Gasteiger partial charge in [0.2, 0.25) is 0 Å². The lowest BCUT2D eigenvalue weighted by Crippen LogP contribution is -2.48. The number of benzene rings is 2. The zero-order chi connectivity index (χ0) is 17.7. The molecule has 0 bridgehead atoms. The molecule has 26 heavy (non-hydrogen) atoms. The first-order valence-electron chi connectivity index (χ1n) is 9.56. The van der Waals surface area contributed by atoms with E-state index in [9.17, 15) is 4.79 Å². The van der Waals surface area contributed by atoms with Crippen LogP contribution in [0, 0.1) is 11.8 Å². The Morgan fingerprint density at radius 2 is 1.85 bits per heavy atom. The Bertz CT molecular complexity index is 828. The Hall–Kier alpha value is -2.00. The van der Waals surface area contributed by atoms with Crippen LogP contribution in [-0.4, -0.2) is 18.6 Å². The lowest BCUT2D eigenvalue weighted by atomic mass is 9.76. The van der Waals surface area contributed by atoms with E-state index >= 15 is 0 Å². The minimum atomic E-state index is -0.0113. The molecule has 0 spiro atoms. The van der Waals surface area contributed by atoms with Crippen LogP contribution in [0.15, 0.2) is 48.5 Å². The molecule has 3 aliphatic carbocycles. The first-order valence-corrected chi connectivity index (χ1v) is 9.94. The molecule has 3 atom stereocenters. The van der Waals surface area contributed by atoms with E-state index in [4.69, 9.17) is 11.6 Å². The highest BCUT2D eigenvalue weighted by molar-refractivity contribution is 6.30. The number of hydrogen-bond acceptors (Lipinski definition) is 1. The average Bonchev–Trinajstić information content (AvgIpc) is 3.15. The van der Waals surface area contributed by atoms with Gasteiger partial charge in [-0.3, -0.25) is 0 Å². The fraction of sp³-hybridized carbons (Fsp3) is 0.409. The fourth-order valence-corrected chi connectivity index (χ4v) is 5.08. The lowest BCUT2D eigenvalue weighted by molar-refractivity contribution is 0.222. The molecule has 2 fully saturated rings. The summed E-state index contributed by atoms with van der Waals surface area (Å²) in [6.07, 6.45) is 3.20. The van der Waals surface area contributed by atoms with E-state index in [0.29, 0.717) is 17.8 Å². The molecule has 0 heterocycles. The Morgan fingerprint density at radius 1 is 1.08 bits per heavy atom. The maximum atomic E-state index is 12.2. The molecule has 2 amide bonds. The highest BCUT2D eigenvalue weighted by atomic mass is 35.5. The summed E-state index contributed by atoms with van der Waals surface area (Å²) in [6, 6.07) is 17.1. The first-order chi connectivity index (χ1) is 12.7. The maximum Gasteiger partial charge on any atom is 0.315 e. The molecule has 3 nitrogen and oxygen atoms in total. The van der Waals surface area contributed by atoms with Gasteiger partial charge in [-0.2, -0.15) is 0 Å². The van der Waals surface area contributed by atoms with Crippen molar-refractivity contribution in [1.29, 1.82) is 0 Å². The van der Waals surface area contributed by atoms with Crippen LogP contribution in [-0.2, 0) is 6.42 Å². The Kier molecular flexibility index (Phi) is 3.93. The first kappa shape index (κ1) is 16.2. The fourth-order valence-electron chi connectivity index (χ4n) is 4.95. The SMILES string of the molecule is O=C(NCC1C2Cc3ccccc3C12)NC1CC(c2ccc(Cl)cc2)C1. The number of fused-ring (bicyclic) bond motifs is 3. The van der Waals surface area contributed by atoms with Crippen molar-refractivity contribution in [2.75, 3.05) is 6.54 Å². The predicted molar refractivity (Wildman–Crippen MR) is 104 cm³/mol. The van der Waals surface area contributed by atoms with Crippen molar-refractivity contribution in [2.24, 2.45) is 11.8 Å². The summed E-state index contributed by atoms with van der Waals surface area (Å²) >= 11 is 5.94. The second-order valence-corrected chi connectivity index (χ2v) is 8.46. The van der Waals surface area contributed by atoms with Crippen molar-refractivity contribution in [3.63, 3.8) is 0 Å². The minimum Gasteiger partial charge on any atom is -0.338 e. The largest absolute Gasteiger partial charge is 0.338 e. The zero-order valence-corrected chi connectivity index (χ0v) is 15.4. The van der Waals surface area contributed by atoms with Crippen molar-refractivity contribution in [3.8, 4) is 0 Å². The van der Waals surface area contributed by atoms with Gasteiger partial charge in [0.1, 0.15) is 0 Å². The van der Waals surface area contributed by atoms with E-state index in [2.05, 4.69) is 47.0 Å². The monoisotopic (exact) mass is 366 g/mol. The van der Waals surface area contributed by atoms with E-state index in [1.165, 1.54) is 23.1 Å². The van der Waals surface area contributed by atoms with E-state index < -0.39 is 0 Å². The van der Waals surface area contributed by atoms with Crippen LogP contribution >= 0.6 is 11.6 Å². The van der Waals surface area contributed by atoms with Gasteiger partial charge in [-0.1, -0.05) is 48.0 Å². The molecule has 2 aromatic rings. The Balaban J connectivity index is 1.06. The van der Waals surface area contributed by atoms with Crippen LogP contribution < -0.4 is 10.6 Å². The third-order valence-corrected chi connectivity index (χ3v) is 6.77. The van der Waals surface area contributed by atoms with Gasteiger partial charge in [-0.25, -0.2) is 4.79 Å². The molecule has 0 radical (unpaired) electrons. The van der Waals surface area contributed by atoms with Gasteiger partial charge < -0.3 is 10.6 Å². The number of urea groups is 1.